The van der Waals surface area contributed by atoms with Gasteiger partial charge >= 0.3 is 0 Å². The van der Waals surface area contributed by atoms with Crippen molar-refractivity contribution in [1.29, 1.82) is 0 Å². The van der Waals surface area contributed by atoms with Crippen LogP contribution < -0.4 is 4.31 Å². The van der Waals surface area contributed by atoms with Gasteiger partial charge in [0.25, 0.3) is 10.0 Å². The van der Waals surface area contributed by atoms with Crippen LogP contribution in [0.25, 0.3) is 0 Å². The van der Waals surface area contributed by atoms with E-state index in [0.29, 0.717) is 18.8 Å². The molecule has 0 aliphatic rings. The summed E-state index contributed by atoms with van der Waals surface area (Å²) in [5, 5.41) is 0. The number of hydrogen-bond acceptors (Lipinski definition) is 4. The van der Waals surface area contributed by atoms with Gasteiger partial charge in [-0.3, -0.25) is 9.10 Å². The lowest BCUT2D eigenvalue weighted by Gasteiger charge is -2.29. The number of amides is 1. The van der Waals surface area contributed by atoms with Crippen LogP contribution in [0.15, 0.2) is 119 Å². The number of benzene rings is 4. The molecular formula is C30H30N2O3S2. The first-order chi connectivity index (χ1) is 17.9. The predicted octanol–water partition coefficient (Wildman–Crippen LogP) is 6.14. The maximum atomic E-state index is 13.8. The van der Waals surface area contributed by atoms with Crippen LogP contribution in [0.3, 0.4) is 0 Å². The molecule has 0 unspecified atom stereocenters. The van der Waals surface area contributed by atoms with Crippen molar-refractivity contribution in [2.45, 2.75) is 29.8 Å². The molecule has 4 aromatic carbocycles. The summed E-state index contributed by atoms with van der Waals surface area (Å²) in [5.74, 6) is -0.280. The van der Waals surface area contributed by atoms with E-state index in [0.717, 1.165) is 21.6 Å². The molecule has 0 heterocycles. The average Bonchev–Trinajstić information content (AvgIpc) is 2.93. The number of nitrogens with zero attached hydrogens (tertiary/aromatic N) is 2. The fourth-order valence-electron chi connectivity index (χ4n) is 3.96. The molecule has 0 radical (unpaired) electrons. The molecule has 0 aliphatic carbocycles. The molecule has 0 spiro atoms. The molecule has 7 heteroatoms. The van der Waals surface area contributed by atoms with Gasteiger partial charge in [-0.2, -0.15) is 0 Å². The van der Waals surface area contributed by atoms with Crippen LogP contribution in [-0.4, -0.2) is 32.0 Å². The summed E-state index contributed by atoms with van der Waals surface area (Å²) in [6, 6.07) is 33.4. The fraction of sp³-hybridized carbons (Fsp3) is 0.167. The van der Waals surface area contributed by atoms with Crippen molar-refractivity contribution in [1.82, 2.24) is 4.90 Å². The summed E-state index contributed by atoms with van der Waals surface area (Å²) in [7, 11) is -3.99. The van der Waals surface area contributed by atoms with E-state index in [2.05, 4.69) is 0 Å². The number of carbonyl (C=O) groups is 1. The zero-order chi connectivity index (χ0) is 26.3. The Balaban J connectivity index is 1.69. The van der Waals surface area contributed by atoms with E-state index in [-0.39, 0.29) is 17.3 Å². The zero-order valence-corrected chi connectivity index (χ0v) is 22.6. The molecular weight excluding hydrogens is 500 g/mol. The van der Waals surface area contributed by atoms with Crippen molar-refractivity contribution >= 4 is 33.4 Å². The molecule has 4 rings (SSSR count). The van der Waals surface area contributed by atoms with Crippen LogP contribution in [0, 0.1) is 6.92 Å². The summed E-state index contributed by atoms with van der Waals surface area (Å²) in [4.78, 5) is 16.6. The predicted molar refractivity (Wildman–Crippen MR) is 151 cm³/mol. The lowest BCUT2D eigenvalue weighted by molar-refractivity contribution is -0.130. The van der Waals surface area contributed by atoms with Crippen LogP contribution in [0.4, 0.5) is 5.69 Å². The van der Waals surface area contributed by atoms with Crippen LogP contribution in [0.5, 0.6) is 0 Å². The quantitative estimate of drug-likeness (QED) is 0.231. The van der Waals surface area contributed by atoms with Gasteiger partial charge in [-0.25, -0.2) is 8.42 Å². The van der Waals surface area contributed by atoms with Gasteiger partial charge < -0.3 is 4.90 Å². The number of anilines is 1. The highest BCUT2D eigenvalue weighted by Crippen LogP contribution is 2.26. The highest BCUT2D eigenvalue weighted by Gasteiger charge is 2.29. The molecule has 37 heavy (non-hydrogen) atoms. The molecule has 4 aromatic rings. The first-order valence-electron chi connectivity index (χ1n) is 12.0. The second-order valence-electron chi connectivity index (χ2n) is 8.74. The number of hydrogen-bond donors (Lipinski definition) is 0. The van der Waals surface area contributed by atoms with Gasteiger partial charge in [0.05, 0.1) is 10.6 Å². The lowest BCUT2D eigenvalue weighted by Crippen LogP contribution is -2.42. The second-order valence-corrected chi connectivity index (χ2v) is 11.5. The maximum absolute atomic E-state index is 13.8. The van der Waals surface area contributed by atoms with Crippen molar-refractivity contribution in [3.05, 3.63) is 126 Å². The van der Waals surface area contributed by atoms with Crippen molar-refractivity contribution in [3.8, 4) is 0 Å². The summed E-state index contributed by atoms with van der Waals surface area (Å²) in [6.07, 6.45) is 1.94. The summed E-state index contributed by atoms with van der Waals surface area (Å²) >= 11 is 1.54. The SMILES string of the molecule is CSc1ccc(S(=O)(=O)N(CC(=O)N(Cc2ccccc2)Cc2ccccc2)c2ccc(C)cc2)cc1. The maximum Gasteiger partial charge on any atom is 0.264 e. The van der Waals surface area contributed by atoms with Crippen molar-refractivity contribution in [2.24, 2.45) is 0 Å². The van der Waals surface area contributed by atoms with Gasteiger partial charge in [0.2, 0.25) is 5.91 Å². The van der Waals surface area contributed by atoms with Crippen molar-refractivity contribution in [3.63, 3.8) is 0 Å². The molecule has 0 aromatic heterocycles. The molecule has 0 saturated heterocycles. The third-order valence-corrected chi connectivity index (χ3v) is 8.57. The van der Waals surface area contributed by atoms with Crippen molar-refractivity contribution < 1.29 is 13.2 Å². The smallest absolute Gasteiger partial charge is 0.264 e. The second kappa shape index (κ2) is 12.1. The Morgan fingerprint density at radius 1 is 0.730 bits per heavy atom. The molecule has 0 atom stereocenters. The molecule has 0 N–H and O–H groups in total. The standard InChI is InChI=1S/C30H30N2O3S2/c1-24-13-15-27(16-14-24)32(37(34,35)29-19-17-28(36-2)18-20-29)23-30(33)31(21-25-9-5-3-6-10-25)22-26-11-7-4-8-12-26/h3-20H,21-23H2,1-2H3. The Bertz CT molecular complexity index is 1370. The fourth-order valence-corrected chi connectivity index (χ4v) is 5.79. The molecule has 0 aliphatic heterocycles. The Morgan fingerprint density at radius 3 is 1.73 bits per heavy atom. The minimum atomic E-state index is -3.99. The van der Waals surface area contributed by atoms with E-state index in [1.54, 1.807) is 53.1 Å². The largest absolute Gasteiger partial charge is 0.332 e. The van der Waals surface area contributed by atoms with Gasteiger partial charge in [-0.05, 0) is 60.7 Å². The minimum Gasteiger partial charge on any atom is -0.332 e. The molecule has 190 valence electrons. The first kappa shape index (κ1) is 26.5. The first-order valence-corrected chi connectivity index (χ1v) is 14.6. The van der Waals surface area contributed by atoms with E-state index < -0.39 is 10.0 Å². The van der Waals surface area contributed by atoms with E-state index in [1.165, 1.54) is 4.31 Å². The summed E-state index contributed by atoms with van der Waals surface area (Å²) < 4.78 is 28.9. The average molecular weight is 531 g/mol. The van der Waals surface area contributed by atoms with Crippen LogP contribution in [0.2, 0.25) is 0 Å². The highest BCUT2D eigenvalue weighted by atomic mass is 32.2. The number of carbonyl (C=O) groups excluding carboxylic acids is 1. The Kier molecular flexibility index (Phi) is 8.69. The van der Waals surface area contributed by atoms with Gasteiger partial charge in [-0.15, -0.1) is 11.8 Å². The van der Waals surface area contributed by atoms with Gasteiger partial charge in [0, 0.05) is 18.0 Å². The molecule has 0 saturated carbocycles. The van der Waals surface area contributed by atoms with E-state index >= 15 is 0 Å². The Hall–Kier alpha value is -3.55. The molecule has 0 bridgehead atoms. The highest BCUT2D eigenvalue weighted by molar-refractivity contribution is 7.98. The lowest BCUT2D eigenvalue weighted by atomic mass is 10.1. The van der Waals surface area contributed by atoms with Crippen LogP contribution >= 0.6 is 11.8 Å². The van der Waals surface area contributed by atoms with E-state index in [9.17, 15) is 13.2 Å². The van der Waals surface area contributed by atoms with Gasteiger partial charge in [-0.1, -0.05) is 78.4 Å². The Labute approximate surface area is 223 Å². The zero-order valence-electron chi connectivity index (χ0n) is 20.9. The summed E-state index contributed by atoms with van der Waals surface area (Å²) in [6.45, 7) is 2.38. The Morgan fingerprint density at radius 2 is 1.24 bits per heavy atom. The normalized spacial score (nSPS) is 11.2. The number of thioether (sulfide) groups is 1. The van der Waals surface area contributed by atoms with E-state index in [4.69, 9.17) is 0 Å². The molecule has 5 nitrogen and oxygen atoms in total. The molecule has 0 fully saturated rings. The third kappa shape index (κ3) is 6.81. The van der Waals surface area contributed by atoms with Crippen LogP contribution in [-0.2, 0) is 27.9 Å². The minimum absolute atomic E-state index is 0.149. The van der Waals surface area contributed by atoms with Crippen molar-refractivity contribution in [2.75, 3.05) is 17.1 Å². The monoisotopic (exact) mass is 530 g/mol. The number of rotatable bonds is 10. The summed E-state index contributed by atoms with van der Waals surface area (Å²) in [5.41, 5.74) is 3.41. The number of aryl methyl sites for hydroxylation is 1. The third-order valence-electron chi connectivity index (χ3n) is 6.03. The molecule has 1 amide bonds. The topological polar surface area (TPSA) is 57.7 Å². The van der Waals surface area contributed by atoms with Crippen LogP contribution in [0.1, 0.15) is 16.7 Å². The van der Waals surface area contributed by atoms with E-state index in [1.807, 2.05) is 86.0 Å². The number of sulfonamides is 1. The van der Waals surface area contributed by atoms with Gasteiger partial charge in [0.15, 0.2) is 0 Å². The van der Waals surface area contributed by atoms with Gasteiger partial charge in [0.1, 0.15) is 6.54 Å².